The monoisotopic (exact) mass is 541 g/mol. The molecule has 1 atom stereocenters. The standard InChI is InChI=1S/C28H29Cl2N3O4/c29-22-4-3-5-23(30)26(22)27(34)33-24(28(35)36)16-18-7-9-19(10-8-18)17-37-21-13-11-20(12-14-21)32-25-6-1-2-15-31-25/h1-10,15,20-21,24H,11-14,16-17H2,(H,31,32)(H,33,34)(H,35,36)/t20?,21?,24-/m0/s1. The molecule has 3 aromatic rings. The number of aromatic nitrogens is 1. The number of carbonyl (C=O) groups excluding carboxylic acids is 1. The zero-order valence-electron chi connectivity index (χ0n) is 20.2. The molecule has 1 aliphatic carbocycles. The minimum absolute atomic E-state index is 0.0612. The Kier molecular flexibility index (Phi) is 9.39. The normalized spacial score (nSPS) is 18.1. The van der Waals surface area contributed by atoms with Crippen molar-refractivity contribution in [1.29, 1.82) is 0 Å². The first-order valence-electron chi connectivity index (χ1n) is 12.2. The van der Waals surface area contributed by atoms with Gasteiger partial charge in [-0.2, -0.15) is 0 Å². The van der Waals surface area contributed by atoms with Gasteiger partial charge in [0, 0.05) is 18.7 Å². The topological polar surface area (TPSA) is 101 Å². The molecule has 4 rings (SSSR count). The zero-order valence-corrected chi connectivity index (χ0v) is 21.7. The van der Waals surface area contributed by atoms with Crippen molar-refractivity contribution in [3.05, 3.63) is 93.6 Å². The van der Waals surface area contributed by atoms with E-state index in [2.05, 4.69) is 15.6 Å². The van der Waals surface area contributed by atoms with E-state index in [-0.39, 0.29) is 28.1 Å². The van der Waals surface area contributed by atoms with Gasteiger partial charge in [0.1, 0.15) is 11.9 Å². The third-order valence-electron chi connectivity index (χ3n) is 6.43. The lowest BCUT2D eigenvalue weighted by Crippen LogP contribution is -2.42. The van der Waals surface area contributed by atoms with Crippen molar-refractivity contribution in [3.8, 4) is 0 Å². The molecular weight excluding hydrogens is 513 g/mol. The first-order valence-corrected chi connectivity index (χ1v) is 13.0. The zero-order chi connectivity index (χ0) is 26.2. The predicted octanol–water partition coefficient (Wildman–Crippen LogP) is 5.75. The molecule has 1 heterocycles. The van der Waals surface area contributed by atoms with Crippen LogP contribution in [0.2, 0.25) is 10.0 Å². The molecule has 1 amide bonds. The van der Waals surface area contributed by atoms with E-state index in [1.54, 1.807) is 12.3 Å². The summed E-state index contributed by atoms with van der Waals surface area (Å²) in [4.78, 5) is 28.8. The van der Waals surface area contributed by atoms with Gasteiger partial charge in [0.15, 0.2) is 0 Å². The summed E-state index contributed by atoms with van der Waals surface area (Å²) in [5.74, 6) is -0.862. The van der Waals surface area contributed by atoms with Gasteiger partial charge in [-0.05, 0) is 61.1 Å². The molecule has 0 radical (unpaired) electrons. The fraction of sp³-hybridized carbons (Fsp3) is 0.321. The van der Waals surface area contributed by atoms with Crippen LogP contribution in [0.15, 0.2) is 66.9 Å². The van der Waals surface area contributed by atoms with Gasteiger partial charge in [-0.1, -0.05) is 59.6 Å². The molecule has 9 heteroatoms. The van der Waals surface area contributed by atoms with E-state index < -0.39 is 17.9 Å². The van der Waals surface area contributed by atoms with Crippen LogP contribution < -0.4 is 10.6 Å². The Morgan fingerprint density at radius 2 is 1.62 bits per heavy atom. The summed E-state index contributed by atoms with van der Waals surface area (Å²) in [6.45, 7) is 0.493. The van der Waals surface area contributed by atoms with Gasteiger partial charge >= 0.3 is 5.97 Å². The second-order valence-corrected chi connectivity index (χ2v) is 9.94. The summed E-state index contributed by atoms with van der Waals surface area (Å²) in [7, 11) is 0. The van der Waals surface area contributed by atoms with Crippen molar-refractivity contribution < 1.29 is 19.4 Å². The molecule has 7 nitrogen and oxygen atoms in total. The van der Waals surface area contributed by atoms with Crippen LogP contribution >= 0.6 is 23.2 Å². The quantitative estimate of drug-likeness (QED) is 0.302. The van der Waals surface area contributed by atoms with Crippen molar-refractivity contribution >= 4 is 40.9 Å². The van der Waals surface area contributed by atoms with Crippen molar-refractivity contribution in [2.24, 2.45) is 0 Å². The summed E-state index contributed by atoms with van der Waals surface area (Å²) in [5.41, 5.74) is 1.85. The minimum atomic E-state index is -1.14. The molecule has 0 unspecified atom stereocenters. The van der Waals surface area contributed by atoms with Crippen molar-refractivity contribution in [1.82, 2.24) is 10.3 Å². The number of pyridine rings is 1. The second kappa shape index (κ2) is 12.9. The Morgan fingerprint density at radius 1 is 0.946 bits per heavy atom. The highest BCUT2D eigenvalue weighted by atomic mass is 35.5. The lowest BCUT2D eigenvalue weighted by Gasteiger charge is -2.29. The van der Waals surface area contributed by atoms with E-state index in [4.69, 9.17) is 27.9 Å². The van der Waals surface area contributed by atoms with Crippen LogP contribution in [-0.4, -0.2) is 40.2 Å². The van der Waals surface area contributed by atoms with Crippen LogP contribution in [0.5, 0.6) is 0 Å². The summed E-state index contributed by atoms with van der Waals surface area (Å²) >= 11 is 12.2. The van der Waals surface area contributed by atoms with Crippen molar-refractivity contribution in [3.63, 3.8) is 0 Å². The van der Waals surface area contributed by atoms with Gasteiger partial charge < -0.3 is 20.5 Å². The third-order valence-corrected chi connectivity index (χ3v) is 7.06. The number of amides is 1. The van der Waals surface area contributed by atoms with Crippen LogP contribution in [0, 0.1) is 0 Å². The van der Waals surface area contributed by atoms with E-state index in [1.807, 2.05) is 42.5 Å². The van der Waals surface area contributed by atoms with E-state index >= 15 is 0 Å². The first kappa shape index (κ1) is 26.9. The molecule has 3 N–H and O–H groups in total. The van der Waals surface area contributed by atoms with Gasteiger partial charge in [-0.15, -0.1) is 0 Å². The number of nitrogens with zero attached hydrogens (tertiary/aromatic N) is 1. The molecule has 37 heavy (non-hydrogen) atoms. The Bertz CT molecular complexity index is 1180. The summed E-state index contributed by atoms with van der Waals surface area (Å²) in [6, 6.07) is 17.4. The number of halogens is 2. The SMILES string of the molecule is O=C(N[C@@H](Cc1ccc(COC2CCC(Nc3ccccn3)CC2)cc1)C(=O)O)c1c(Cl)cccc1Cl. The predicted molar refractivity (Wildman–Crippen MR) is 144 cm³/mol. The molecule has 0 saturated heterocycles. The molecular formula is C28H29Cl2N3O4. The smallest absolute Gasteiger partial charge is 0.326 e. The Labute approximate surface area is 226 Å². The highest BCUT2D eigenvalue weighted by Gasteiger charge is 2.24. The van der Waals surface area contributed by atoms with Crippen LogP contribution in [0.4, 0.5) is 5.82 Å². The van der Waals surface area contributed by atoms with Crippen LogP contribution in [0.1, 0.15) is 47.2 Å². The van der Waals surface area contributed by atoms with Gasteiger partial charge in [0.05, 0.1) is 28.3 Å². The highest BCUT2D eigenvalue weighted by Crippen LogP contribution is 2.25. The number of carbonyl (C=O) groups is 2. The van der Waals surface area contributed by atoms with Gasteiger partial charge in [-0.25, -0.2) is 9.78 Å². The van der Waals surface area contributed by atoms with E-state index in [1.165, 1.54) is 12.1 Å². The molecule has 0 spiro atoms. The number of carboxylic acids is 1. The van der Waals surface area contributed by atoms with Crippen molar-refractivity contribution in [2.75, 3.05) is 5.32 Å². The highest BCUT2D eigenvalue weighted by molar-refractivity contribution is 6.39. The summed E-state index contributed by atoms with van der Waals surface area (Å²) in [6.07, 6.45) is 6.15. The van der Waals surface area contributed by atoms with E-state index in [0.717, 1.165) is 42.6 Å². The number of nitrogens with one attached hydrogen (secondary N) is 2. The van der Waals surface area contributed by atoms with Crippen LogP contribution in [0.3, 0.4) is 0 Å². The molecule has 1 saturated carbocycles. The minimum Gasteiger partial charge on any atom is -0.480 e. The Balaban J connectivity index is 1.25. The lowest BCUT2D eigenvalue weighted by atomic mass is 9.93. The number of hydrogen-bond donors (Lipinski definition) is 3. The first-order chi connectivity index (χ1) is 17.9. The lowest BCUT2D eigenvalue weighted by molar-refractivity contribution is -0.139. The van der Waals surface area contributed by atoms with E-state index in [9.17, 15) is 14.7 Å². The summed E-state index contributed by atoms with van der Waals surface area (Å²) < 4.78 is 6.13. The summed E-state index contributed by atoms with van der Waals surface area (Å²) in [5, 5.41) is 16.0. The molecule has 1 aromatic heterocycles. The number of anilines is 1. The number of ether oxygens (including phenoxy) is 1. The maximum atomic E-state index is 12.6. The third kappa shape index (κ3) is 7.68. The molecule has 0 aliphatic heterocycles. The fourth-order valence-corrected chi connectivity index (χ4v) is 4.97. The maximum Gasteiger partial charge on any atom is 0.326 e. The van der Waals surface area contributed by atoms with Crippen molar-refractivity contribution in [2.45, 2.75) is 56.9 Å². The number of carboxylic acid groups (broad SMARTS) is 1. The van der Waals surface area contributed by atoms with Crippen LogP contribution in [0.25, 0.3) is 0 Å². The van der Waals surface area contributed by atoms with Gasteiger partial charge in [-0.3, -0.25) is 4.79 Å². The molecule has 2 aromatic carbocycles. The van der Waals surface area contributed by atoms with Gasteiger partial charge in [0.2, 0.25) is 0 Å². The Morgan fingerprint density at radius 3 is 2.24 bits per heavy atom. The fourth-order valence-electron chi connectivity index (χ4n) is 4.40. The van der Waals surface area contributed by atoms with Crippen LogP contribution in [-0.2, 0) is 22.6 Å². The van der Waals surface area contributed by atoms with E-state index in [0.29, 0.717) is 12.6 Å². The molecule has 1 fully saturated rings. The molecule has 194 valence electrons. The molecule has 0 bridgehead atoms. The Hall–Kier alpha value is -3.13. The maximum absolute atomic E-state index is 12.6. The van der Waals surface area contributed by atoms with Gasteiger partial charge in [0.25, 0.3) is 5.91 Å². The largest absolute Gasteiger partial charge is 0.480 e. The number of aliphatic carboxylic acids is 1. The average Bonchev–Trinajstić information content (AvgIpc) is 2.89. The number of rotatable bonds is 10. The number of hydrogen-bond acceptors (Lipinski definition) is 5. The number of benzene rings is 2. The average molecular weight is 542 g/mol. The second-order valence-electron chi connectivity index (χ2n) is 9.13. The molecule has 1 aliphatic rings.